The molecule has 3 aromatic rings. The lowest BCUT2D eigenvalue weighted by molar-refractivity contribution is 0.0949. The van der Waals surface area contributed by atoms with E-state index in [-0.39, 0.29) is 5.91 Å². The molecule has 0 fully saturated rings. The van der Waals surface area contributed by atoms with Gasteiger partial charge in [-0.3, -0.25) is 14.5 Å². The molecule has 3 rings (SSSR count). The van der Waals surface area contributed by atoms with Crippen molar-refractivity contribution in [1.82, 2.24) is 20.1 Å². The topological polar surface area (TPSA) is 59.8 Å². The summed E-state index contributed by atoms with van der Waals surface area (Å²) in [5.74, 6) is -0.112. The van der Waals surface area contributed by atoms with Crippen LogP contribution in [0.4, 0.5) is 0 Å². The van der Waals surface area contributed by atoms with Crippen molar-refractivity contribution in [3.63, 3.8) is 0 Å². The van der Waals surface area contributed by atoms with Crippen LogP contribution < -0.4 is 5.32 Å². The van der Waals surface area contributed by atoms with E-state index in [2.05, 4.69) is 27.5 Å². The van der Waals surface area contributed by atoms with Crippen molar-refractivity contribution in [1.29, 1.82) is 0 Å². The molecular formula is C20H22N4O. The number of aryl methyl sites for hydroxylation is 1. The van der Waals surface area contributed by atoms with Gasteiger partial charge in [-0.05, 0) is 31.0 Å². The van der Waals surface area contributed by atoms with Crippen LogP contribution >= 0.6 is 0 Å². The van der Waals surface area contributed by atoms with E-state index in [1.54, 1.807) is 6.20 Å². The maximum absolute atomic E-state index is 12.6. The van der Waals surface area contributed by atoms with Crippen molar-refractivity contribution >= 4 is 5.91 Å². The fourth-order valence-electron chi connectivity index (χ4n) is 2.83. The molecule has 128 valence electrons. The van der Waals surface area contributed by atoms with Crippen LogP contribution in [0, 0.1) is 6.92 Å². The molecule has 0 saturated heterocycles. The highest BCUT2D eigenvalue weighted by Crippen LogP contribution is 2.12. The minimum absolute atomic E-state index is 0.112. The second-order valence-electron chi connectivity index (χ2n) is 5.95. The Bertz CT molecular complexity index is 855. The lowest BCUT2D eigenvalue weighted by atomic mass is 10.1. The quantitative estimate of drug-likeness (QED) is 0.753. The van der Waals surface area contributed by atoms with Crippen molar-refractivity contribution in [3.8, 4) is 0 Å². The number of hydrogen-bond donors (Lipinski definition) is 1. The summed E-state index contributed by atoms with van der Waals surface area (Å²) in [6.07, 6.45) is 2.40. The Morgan fingerprint density at radius 3 is 2.64 bits per heavy atom. The van der Waals surface area contributed by atoms with E-state index >= 15 is 0 Å². The fourth-order valence-corrected chi connectivity index (χ4v) is 2.83. The zero-order valence-electron chi connectivity index (χ0n) is 14.6. The number of pyridine rings is 1. The van der Waals surface area contributed by atoms with Crippen molar-refractivity contribution in [3.05, 3.63) is 82.9 Å². The molecule has 0 aliphatic rings. The molecule has 1 N–H and O–H groups in total. The smallest absolute Gasteiger partial charge is 0.255 e. The van der Waals surface area contributed by atoms with Crippen LogP contribution in [0.15, 0.2) is 54.7 Å². The molecule has 25 heavy (non-hydrogen) atoms. The van der Waals surface area contributed by atoms with Gasteiger partial charge in [0.05, 0.1) is 36.2 Å². The van der Waals surface area contributed by atoms with Crippen LogP contribution in [0.25, 0.3) is 0 Å². The van der Waals surface area contributed by atoms with E-state index in [4.69, 9.17) is 0 Å². The van der Waals surface area contributed by atoms with Gasteiger partial charge in [0.1, 0.15) is 0 Å². The second-order valence-corrected chi connectivity index (χ2v) is 5.95. The Hall–Kier alpha value is -2.95. The van der Waals surface area contributed by atoms with Crippen molar-refractivity contribution in [2.75, 3.05) is 0 Å². The zero-order chi connectivity index (χ0) is 17.6. The molecular weight excluding hydrogens is 312 g/mol. The van der Waals surface area contributed by atoms with E-state index in [0.29, 0.717) is 18.7 Å². The van der Waals surface area contributed by atoms with Crippen LogP contribution in [0.3, 0.4) is 0 Å². The number of benzene rings is 1. The van der Waals surface area contributed by atoms with E-state index in [9.17, 15) is 4.79 Å². The average molecular weight is 334 g/mol. The number of nitrogens with one attached hydrogen (secondary N) is 1. The van der Waals surface area contributed by atoms with Gasteiger partial charge in [-0.25, -0.2) is 0 Å². The molecule has 0 radical (unpaired) electrons. The molecule has 0 bridgehead atoms. The molecule has 5 heteroatoms. The first kappa shape index (κ1) is 16.9. The van der Waals surface area contributed by atoms with Crippen LogP contribution in [0.2, 0.25) is 0 Å². The summed E-state index contributed by atoms with van der Waals surface area (Å²) in [6.45, 7) is 5.05. The van der Waals surface area contributed by atoms with Gasteiger partial charge in [-0.2, -0.15) is 5.10 Å². The Morgan fingerprint density at radius 1 is 1.12 bits per heavy atom. The zero-order valence-corrected chi connectivity index (χ0v) is 14.6. The SMILES string of the molecule is CCc1c(C(=O)NCc2cccc(C)n2)cnn1Cc1ccccc1. The van der Waals surface area contributed by atoms with Gasteiger partial charge in [-0.15, -0.1) is 0 Å². The molecule has 1 aromatic carbocycles. The van der Waals surface area contributed by atoms with Crippen molar-refractivity contribution < 1.29 is 4.79 Å². The first-order valence-electron chi connectivity index (χ1n) is 8.46. The van der Waals surface area contributed by atoms with Gasteiger partial charge < -0.3 is 5.32 Å². The predicted octanol–water partition coefficient (Wildman–Crippen LogP) is 3.13. The molecule has 0 aliphatic carbocycles. The summed E-state index contributed by atoms with van der Waals surface area (Å²) < 4.78 is 1.90. The third-order valence-corrected chi connectivity index (χ3v) is 4.08. The molecule has 0 aliphatic heterocycles. The first-order chi connectivity index (χ1) is 12.2. The average Bonchev–Trinajstić information content (AvgIpc) is 3.03. The minimum atomic E-state index is -0.112. The Labute approximate surface area is 147 Å². The fraction of sp³-hybridized carbons (Fsp3) is 0.250. The Morgan fingerprint density at radius 2 is 1.92 bits per heavy atom. The van der Waals surface area contributed by atoms with E-state index in [0.717, 1.165) is 29.1 Å². The highest BCUT2D eigenvalue weighted by Gasteiger charge is 2.16. The van der Waals surface area contributed by atoms with Gasteiger partial charge in [0.25, 0.3) is 5.91 Å². The van der Waals surface area contributed by atoms with E-state index in [1.807, 2.05) is 54.9 Å². The summed E-state index contributed by atoms with van der Waals surface area (Å²) in [6, 6.07) is 15.9. The third kappa shape index (κ3) is 4.12. The summed E-state index contributed by atoms with van der Waals surface area (Å²) in [5, 5.41) is 7.35. The standard InChI is InChI=1S/C20H22N4O/c1-3-19-18(13-22-24(19)14-16-9-5-4-6-10-16)20(25)21-12-17-11-7-8-15(2)23-17/h4-11,13H,3,12,14H2,1-2H3,(H,21,25). The van der Waals surface area contributed by atoms with Crippen molar-refractivity contribution in [2.24, 2.45) is 0 Å². The predicted molar refractivity (Wildman–Crippen MR) is 97.3 cm³/mol. The summed E-state index contributed by atoms with van der Waals surface area (Å²) in [7, 11) is 0. The molecule has 0 saturated carbocycles. The highest BCUT2D eigenvalue weighted by molar-refractivity contribution is 5.95. The maximum Gasteiger partial charge on any atom is 0.255 e. The number of amides is 1. The molecule has 1 amide bonds. The van der Waals surface area contributed by atoms with Crippen LogP contribution in [-0.4, -0.2) is 20.7 Å². The molecule has 2 aromatic heterocycles. The Balaban J connectivity index is 1.72. The largest absolute Gasteiger partial charge is 0.346 e. The van der Waals surface area contributed by atoms with Gasteiger partial charge in [-0.1, -0.05) is 43.3 Å². The minimum Gasteiger partial charge on any atom is -0.346 e. The van der Waals surface area contributed by atoms with Crippen LogP contribution in [-0.2, 0) is 19.5 Å². The molecule has 0 unspecified atom stereocenters. The summed E-state index contributed by atoms with van der Waals surface area (Å²) >= 11 is 0. The summed E-state index contributed by atoms with van der Waals surface area (Å²) in [4.78, 5) is 17.0. The highest BCUT2D eigenvalue weighted by atomic mass is 16.1. The van der Waals surface area contributed by atoms with E-state index in [1.165, 1.54) is 0 Å². The molecule has 0 spiro atoms. The number of nitrogens with zero attached hydrogens (tertiary/aromatic N) is 3. The molecule has 5 nitrogen and oxygen atoms in total. The molecule has 0 atom stereocenters. The third-order valence-electron chi connectivity index (χ3n) is 4.08. The normalized spacial score (nSPS) is 10.6. The lowest BCUT2D eigenvalue weighted by Crippen LogP contribution is -2.24. The van der Waals surface area contributed by atoms with Gasteiger partial charge in [0.15, 0.2) is 0 Å². The van der Waals surface area contributed by atoms with Crippen molar-refractivity contribution in [2.45, 2.75) is 33.4 Å². The lowest BCUT2D eigenvalue weighted by Gasteiger charge is -2.09. The summed E-state index contributed by atoms with van der Waals surface area (Å²) in [5.41, 5.74) is 4.53. The number of carbonyl (C=O) groups excluding carboxylic acids is 1. The Kier molecular flexibility index (Phi) is 5.23. The number of rotatable bonds is 6. The van der Waals surface area contributed by atoms with Crippen LogP contribution in [0.5, 0.6) is 0 Å². The monoisotopic (exact) mass is 334 g/mol. The number of aromatic nitrogens is 3. The first-order valence-corrected chi connectivity index (χ1v) is 8.46. The number of carbonyl (C=O) groups is 1. The van der Waals surface area contributed by atoms with E-state index < -0.39 is 0 Å². The maximum atomic E-state index is 12.6. The molecule has 2 heterocycles. The second kappa shape index (κ2) is 7.75. The number of hydrogen-bond acceptors (Lipinski definition) is 3. The van der Waals surface area contributed by atoms with Crippen LogP contribution in [0.1, 0.15) is 39.9 Å². The van der Waals surface area contributed by atoms with Gasteiger partial charge in [0, 0.05) is 5.69 Å². The van der Waals surface area contributed by atoms with Gasteiger partial charge in [0.2, 0.25) is 0 Å². The van der Waals surface area contributed by atoms with Gasteiger partial charge >= 0.3 is 0 Å².